The zero-order valence-corrected chi connectivity index (χ0v) is 18.6. The molecule has 0 unspecified atom stereocenters. The molecule has 32 heavy (non-hydrogen) atoms. The molecule has 0 spiro atoms. The van der Waals surface area contributed by atoms with Gasteiger partial charge in [-0.15, -0.1) is 5.10 Å². The molecule has 2 aromatic carbocycles. The number of aryl methyl sites for hydroxylation is 2. The van der Waals surface area contributed by atoms with Gasteiger partial charge in [-0.3, -0.25) is 14.9 Å². The Kier molecular flexibility index (Phi) is 6.06. The van der Waals surface area contributed by atoms with Gasteiger partial charge in [-0.2, -0.15) is 4.52 Å². The highest BCUT2D eigenvalue weighted by Gasteiger charge is 2.13. The van der Waals surface area contributed by atoms with Gasteiger partial charge in [-0.1, -0.05) is 29.0 Å². The summed E-state index contributed by atoms with van der Waals surface area (Å²) in [6, 6.07) is 9.74. The maximum atomic E-state index is 12.7. The van der Waals surface area contributed by atoms with Gasteiger partial charge in [0.05, 0.1) is 23.7 Å². The van der Waals surface area contributed by atoms with E-state index in [4.69, 9.17) is 21.1 Å². The maximum Gasteiger partial charge on any atom is 0.291 e. The van der Waals surface area contributed by atoms with Crippen LogP contribution in [0.25, 0.3) is 11.0 Å². The standard InChI is InChI=1S/C21H17ClN4O5S/c1-30-16-7-3-12(9-17(16)31-2)4-8-19-23-21-25(24-19)20(27)18(32-21)11-13-10-14(26(28)29)5-6-15(13)22/h3,5-7,9-11H,4,8H2,1-2H3/b18-11-. The van der Waals surface area contributed by atoms with Crippen molar-refractivity contribution in [2.45, 2.75) is 12.8 Å². The number of aromatic nitrogens is 3. The lowest BCUT2D eigenvalue weighted by Crippen LogP contribution is -2.23. The molecule has 4 rings (SSSR count). The first-order chi connectivity index (χ1) is 15.4. The lowest BCUT2D eigenvalue weighted by molar-refractivity contribution is -0.384. The molecule has 0 aliphatic carbocycles. The Morgan fingerprint density at radius 2 is 1.94 bits per heavy atom. The molecule has 2 heterocycles. The van der Waals surface area contributed by atoms with Crippen LogP contribution in [-0.4, -0.2) is 33.7 Å². The Morgan fingerprint density at radius 1 is 1.16 bits per heavy atom. The van der Waals surface area contributed by atoms with Crippen molar-refractivity contribution in [1.29, 1.82) is 0 Å². The van der Waals surface area contributed by atoms with Gasteiger partial charge in [-0.25, -0.2) is 4.98 Å². The fourth-order valence-electron chi connectivity index (χ4n) is 3.17. The first-order valence-electron chi connectivity index (χ1n) is 9.44. The van der Waals surface area contributed by atoms with Gasteiger partial charge in [0.2, 0.25) is 4.96 Å². The highest BCUT2D eigenvalue weighted by atomic mass is 35.5. The number of halogens is 1. The van der Waals surface area contributed by atoms with E-state index in [1.54, 1.807) is 14.2 Å². The van der Waals surface area contributed by atoms with Gasteiger partial charge in [0.25, 0.3) is 11.2 Å². The summed E-state index contributed by atoms with van der Waals surface area (Å²) in [4.78, 5) is 28.1. The van der Waals surface area contributed by atoms with E-state index in [2.05, 4.69) is 10.1 Å². The largest absolute Gasteiger partial charge is 0.493 e. The zero-order chi connectivity index (χ0) is 22.8. The summed E-state index contributed by atoms with van der Waals surface area (Å²) in [6.07, 6.45) is 2.72. The zero-order valence-electron chi connectivity index (χ0n) is 17.1. The van der Waals surface area contributed by atoms with Gasteiger partial charge in [-0.05, 0) is 36.3 Å². The van der Waals surface area contributed by atoms with Crippen LogP contribution < -0.4 is 19.6 Å². The maximum absolute atomic E-state index is 12.7. The molecule has 0 radical (unpaired) electrons. The number of fused-ring (bicyclic) bond motifs is 1. The Balaban J connectivity index is 1.59. The summed E-state index contributed by atoms with van der Waals surface area (Å²) < 4.78 is 12.1. The number of methoxy groups -OCH3 is 2. The fraction of sp³-hybridized carbons (Fsp3) is 0.190. The van der Waals surface area contributed by atoms with Gasteiger partial charge in [0.1, 0.15) is 0 Å². The molecular formula is C21H17ClN4O5S. The third-order valence-electron chi connectivity index (χ3n) is 4.79. The van der Waals surface area contributed by atoms with Crippen molar-refractivity contribution >= 4 is 39.7 Å². The fourth-order valence-corrected chi connectivity index (χ4v) is 4.26. The quantitative estimate of drug-likeness (QED) is 0.300. The van der Waals surface area contributed by atoms with Crippen LogP contribution in [0.2, 0.25) is 5.02 Å². The van der Waals surface area contributed by atoms with E-state index in [0.29, 0.717) is 50.2 Å². The average molecular weight is 473 g/mol. The van der Waals surface area contributed by atoms with Crippen molar-refractivity contribution in [1.82, 2.24) is 14.6 Å². The van der Waals surface area contributed by atoms with Crippen LogP contribution in [0.3, 0.4) is 0 Å². The van der Waals surface area contributed by atoms with E-state index in [1.165, 1.54) is 28.8 Å². The number of nitro benzene ring substituents is 1. The Hall–Kier alpha value is -3.50. The van der Waals surface area contributed by atoms with Crippen molar-refractivity contribution in [3.8, 4) is 11.5 Å². The number of hydrogen-bond donors (Lipinski definition) is 0. The van der Waals surface area contributed by atoms with E-state index in [1.807, 2.05) is 18.2 Å². The Morgan fingerprint density at radius 3 is 2.62 bits per heavy atom. The second-order valence-corrected chi connectivity index (χ2v) is 8.21. The first-order valence-corrected chi connectivity index (χ1v) is 10.6. The topological polar surface area (TPSA) is 109 Å². The molecule has 0 bridgehead atoms. The summed E-state index contributed by atoms with van der Waals surface area (Å²) in [7, 11) is 3.16. The lowest BCUT2D eigenvalue weighted by atomic mass is 10.1. The molecule has 0 saturated heterocycles. The van der Waals surface area contributed by atoms with Crippen LogP contribution in [-0.2, 0) is 12.8 Å². The minimum absolute atomic E-state index is 0.106. The first kappa shape index (κ1) is 21.7. The van der Waals surface area contributed by atoms with Crippen LogP contribution in [0.1, 0.15) is 17.0 Å². The highest BCUT2D eigenvalue weighted by Crippen LogP contribution is 2.28. The minimum atomic E-state index is -0.515. The second kappa shape index (κ2) is 8.93. The van der Waals surface area contributed by atoms with Crippen LogP contribution in [0, 0.1) is 10.1 Å². The SMILES string of the molecule is COc1ccc(CCc2nc3s/c(=C\c4cc([N+](=O)[O-])ccc4Cl)c(=O)n3n2)cc1OC. The second-order valence-electron chi connectivity index (χ2n) is 6.79. The normalized spacial score (nSPS) is 11.8. The van der Waals surface area contributed by atoms with Gasteiger partial charge in [0, 0.05) is 29.1 Å². The summed E-state index contributed by atoms with van der Waals surface area (Å²) in [6.45, 7) is 0. The molecule has 0 saturated carbocycles. The molecule has 2 aromatic heterocycles. The molecule has 11 heteroatoms. The van der Waals surface area contributed by atoms with E-state index < -0.39 is 4.92 Å². The molecular weight excluding hydrogens is 456 g/mol. The smallest absolute Gasteiger partial charge is 0.291 e. The van der Waals surface area contributed by atoms with Gasteiger partial charge in [0.15, 0.2) is 17.3 Å². The van der Waals surface area contributed by atoms with Crippen molar-refractivity contribution in [3.05, 3.63) is 83.4 Å². The van der Waals surface area contributed by atoms with E-state index in [9.17, 15) is 14.9 Å². The van der Waals surface area contributed by atoms with Crippen molar-refractivity contribution < 1.29 is 14.4 Å². The lowest BCUT2D eigenvalue weighted by Gasteiger charge is -2.08. The molecule has 0 aliphatic heterocycles. The number of thiazole rings is 1. The molecule has 0 N–H and O–H groups in total. The number of benzene rings is 2. The number of nitrogens with zero attached hydrogens (tertiary/aromatic N) is 4. The summed E-state index contributed by atoms with van der Waals surface area (Å²) >= 11 is 7.29. The number of rotatable bonds is 7. The van der Waals surface area contributed by atoms with Crippen LogP contribution >= 0.6 is 22.9 Å². The molecule has 0 fully saturated rings. The Bertz CT molecular complexity index is 1430. The van der Waals surface area contributed by atoms with Crippen molar-refractivity contribution in [2.24, 2.45) is 0 Å². The number of non-ortho nitro benzene ring substituents is 1. The highest BCUT2D eigenvalue weighted by molar-refractivity contribution is 7.15. The van der Waals surface area contributed by atoms with Crippen LogP contribution in [0.4, 0.5) is 5.69 Å². The Labute approximate surface area is 190 Å². The van der Waals surface area contributed by atoms with E-state index >= 15 is 0 Å². The summed E-state index contributed by atoms with van der Waals surface area (Å²) in [5, 5.41) is 15.6. The summed E-state index contributed by atoms with van der Waals surface area (Å²) in [5.74, 6) is 1.84. The van der Waals surface area contributed by atoms with E-state index in [0.717, 1.165) is 16.9 Å². The molecule has 164 valence electrons. The summed E-state index contributed by atoms with van der Waals surface area (Å²) in [5.41, 5.74) is 0.955. The predicted molar refractivity (Wildman–Crippen MR) is 121 cm³/mol. The van der Waals surface area contributed by atoms with Gasteiger partial charge < -0.3 is 9.47 Å². The predicted octanol–water partition coefficient (Wildman–Crippen LogP) is 3.06. The molecule has 0 aliphatic rings. The number of hydrogen-bond acceptors (Lipinski definition) is 8. The molecule has 0 amide bonds. The third-order valence-corrected chi connectivity index (χ3v) is 6.09. The third kappa shape index (κ3) is 4.27. The monoisotopic (exact) mass is 472 g/mol. The number of nitro groups is 1. The van der Waals surface area contributed by atoms with Gasteiger partial charge >= 0.3 is 0 Å². The van der Waals surface area contributed by atoms with Crippen molar-refractivity contribution in [3.63, 3.8) is 0 Å². The van der Waals surface area contributed by atoms with Crippen LogP contribution in [0.5, 0.6) is 11.5 Å². The number of ether oxygens (including phenoxy) is 2. The van der Waals surface area contributed by atoms with Crippen LogP contribution in [0.15, 0.2) is 41.2 Å². The average Bonchev–Trinajstić information content (AvgIpc) is 3.32. The molecule has 0 atom stereocenters. The molecule has 4 aromatic rings. The minimum Gasteiger partial charge on any atom is -0.493 e. The van der Waals surface area contributed by atoms with E-state index in [-0.39, 0.29) is 11.2 Å². The van der Waals surface area contributed by atoms with Crippen molar-refractivity contribution in [2.75, 3.05) is 14.2 Å². The molecule has 9 nitrogen and oxygen atoms in total.